The molecule has 0 radical (unpaired) electrons. The number of hydrogen-bond acceptors (Lipinski definition) is 8. The second-order valence-electron chi connectivity index (χ2n) is 5.61. The number of aliphatic carboxylic acids is 2. The van der Waals surface area contributed by atoms with E-state index in [1.54, 1.807) is 0 Å². The van der Waals surface area contributed by atoms with Gasteiger partial charge < -0.3 is 19.0 Å². The van der Waals surface area contributed by atoms with Crippen molar-refractivity contribution in [3.63, 3.8) is 0 Å². The first-order valence-electron chi connectivity index (χ1n) is 7.67. The topological polar surface area (TPSA) is 152 Å². The Kier molecular flexibility index (Phi) is 7.87. The van der Waals surface area contributed by atoms with Gasteiger partial charge in [-0.15, -0.1) is 20.4 Å². The molecule has 0 aromatic carbocycles. The number of aromatic nitrogens is 4. The Morgan fingerprint density at radius 2 is 1.12 bits per heavy atom. The van der Waals surface area contributed by atoms with Crippen LogP contribution in [0.1, 0.15) is 63.1 Å². The summed E-state index contributed by atoms with van der Waals surface area (Å²) >= 11 is 0. The number of carboxylic acid groups (broad SMARTS) is 2. The van der Waals surface area contributed by atoms with Gasteiger partial charge in [-0.3, -0.25) is 0 Å². The molecule has 0 aliphatic carbocycles. The highest BCUT2D eigenvalue weighted by Gasteiger charge is 2.08. The molecule has 2 rings (SSSR count). The highest BCUT2D eigenvalue weighted by Crippen LogP contribution is 2.13. The predicted molar refractivity (Wildman–Crippen MR) is 90.1 cm³/mol. The third-order valence-corrected chi connectivity index (χ3v) is 2.64. The molecule has 0 atom stereocenters. The Morgan fingerprint density at radius 1 is 0.769 bits per heavy atom. The smallest absolute Gasteiger partial charge is 0.328 e. The molecule has 0 saturated heterocycles. The van der Waals surface area contributed by atoms with Crippen molar-refractivity contribution in [2.24, 2.45) is 0 Å². The third-order valence-electron chi connectivity index (χ3n) is 2.64. The standard InChI is InChI=1S/2C8H10N2O3/c2*1-5(2)8-10-9-6(13-8)3-4-7(11)12/h2*3-5H,1-2H3,(H,11,12)/b2*4-3-. The van der Waals surface area contributed by atoms with Crippen LogP contribution in [0, 0.1) is 0 Å². The van der Waals surface area contributed by atoms with Gasteiger partial charge in [0.1, 0.15) is 0 Å². The van der Waals surface area contributed by atoms with Crippen LogP contribution in [-0.2, 0) is 9.59 Å². The van der Waals surface area contributed by atoms with E-state index >= 15 is 0 Å². The van der Waals surface area contributed by atoms with Gasteiger partial charge in [-0.05, 0) is 0 Å². The highest BCUT2D eigenvalue weighted by atomic mass is 16.4. The van der Waals surface area contributed by atoms with Crippen LogP contribution in [0.15, 0.2) is 21.0 Å². The lowest BCUT2D eigenvalue weighted by atomic mass is 10.2. The molecule has 0 amide bonds. The first-order valence-corrected chi connectivity index (χ1v) is 7.67. The van der Waals surface area contributed by atoms with Gasteiger partial charge in [0.05, 0.1) is 0 Å². The zero-order valence-electron chi connectivity index (χ0n) is 14.8. The minimum Gasteiger partial charge on any atom is -0.478 e. The van der Waals surface area contributed by atoms with E-state index < -0.39 is 11.9 Å². The maximum atomic E-state index is 10.1. The van der Waals surface area contributed by atoms with Crippen LogP contribution < -0.4 is 0 Å². The van der Waals surface area contributed by atoms with E-state index in [-0.39, 0.29) is 23.6 Å². The molecule has 2 aromatic rings. The molecule has 26 heavy (non-hydrogen) atoms. The summed E-state index contributed by atoms with van der Waals surface area (Å²) in [6.45, 7) is 7.66. The zero-order chi connectivity index (χ0) is 19.7. The summed E-state index contributed by atoms with van der Waals surface area (Å²) in [5.41, 5.74) is 0. The van der Waals surface area contributed by atoms with Gasteiger partial charge in [-0.1, -0.05) is 27.7 Å². The molecule has 0 aliphatic heterocycles. The number of carboxylic acids is 2. The lowest BCUT2D eigenvalue weighted by Gasteiger charge is -1.92. The van der Waals surface area contributed by atoms with Crippen molar-refractivity contribution < 1.29 is 28.6 Å². The van der Waals surface area contributed by atoms with Crippen LogP contribution in [0.25, 0.3) is 12.2 Å². The Morgan fingerprint density at radius 3 is 1.35 bits per heavy atom. The summed E-state index contributed by atoms with van der Waals surface area (Å²) < 4.78 is 10.2. The van der Waals surface area contributed by atoms with Crippen molar-refractivity contribution in [3.8, 4) is 0 Å². The largest absolute Gasteiger partial charge is 0.478 e. The summed E-state index contributed by atoms with van der Waals surface area (Å²) in [5.74, 6) is -0.333. The Hall–Kier alpha value is -3.30. The Bertz CT molecular complexity index is 722. The molecule has 0 spiro atoms. The summed E-state index contributed by atoms with van der Waals surface area (Å²) in [6, 6.07) is 0. The first-order chi connectivity index (χ1) is 12.2. The lowest BCUT2D eigenvalue weighted by molar-refractivity contribution is -0.132. The fourth-order valence-corrected chi connectivity index (χ4v) is 1.38. The molecular formula is C16H20N4O6. The van der Waals surface area contributed by atoms with E-state index in [0.717, 1.165) is 12.2 Å². The molecular weight excluding hydrogens is 344 g/mol. The average molecular weight is 364 g/mol. The summed E-state index contributed by atoms with van der Waals surface area (Å²) in [6.07, 6.45) is 4.44. The normalized spacial score (nSPS) is 11.3. The number of hydrogen-bond donors (Lipinski definition) is 2. The van der Waals surface area contributed by atoms with E-state index in [2.05, 4.69) is 20.4 Å². The molecule has 0 saturated carbocycles. The van der Waals surface area contributed by atoms with Gasteiger partial charge in [-0.2, -0.15) is 0 Å². The molecule has 2 aromatic heterocycles. The highest BCUT2D eigenvalue weighted by molar-refractivity contribution is 5.84. The number of carbonyl (C=O) groups is 2. The van der Waals surface area contributed by atoms with E-state index in [1.165, 1.54) is 12.2 Å². The monoisotopic (exact) mass is 364 g/mol. The number of nitrogens with zero attached hydrogens (tertiary/aromatic N) is 4. The lowest BCUT2D eigenvalue weighted by Crippen LogP contribution is -1.85. The van der Waals surface area contributed by atoms with Crippen molar-refractivity contribution in [2.45, 2.75) is 39.5 Å². The second kappa shape index (κ2) is 9.87. The quantitative estimate of drug-likeness (QED) is 0.731. The van der Waals surface area contributed by atoms with Crippen LogP contribution in [0.2, 0.25) is 0 Å². The molecule has 0 fully saturated rings. The van der Waals surface area contributed by atoms with Crippen molar-refractivity contribution in [1.82, 2.24) is 20.4 Å². The first kappa shape index (κ1) is 20.7. The fourth-order valence-electron chi connectivity index (χ4n) is 1.38. The zero-order valence-corrected chi connectivity index (χ0v) is 14.8. The van der Waals surface area contributed by atoms with Gasteiger partial charge in [0.25, 0.3) is 0 Å². The predicted octanol–water partition coefficient (Wildman–Crippen LogP) is 2.58. The maximum Gasteiger partial charge on any atom is 0.328 e. The molecule has 10 heteroatoms. The van der Waals surface area contributed by atoms with E-state index in [9.17, 15) is 9.59 Å². The summed E-state index contributed by atoms with van der Waals surface area (Å²) in [5, 5.41) is 31.4. The Balaban J connectivity index is 0.000000260. The molecule has 140 valence electrons. The van der Waals surface area contributed by atoms with Crippen LogP contribution in [0.3, 0.4) is 0 Å². The van der Waals surface area contributed by atoms with Crippen molar-refractivity contribution in [2.75, 3.05) is 0 Å². The number of rotatable bonds is 6. The minimum atomic E-state index is -1.04. The van der Waals surface area contributed by atoms with Crippen LogP contribution in [0.4, 0.5) is 0 Å². The van der Waals surface area contributed by atoms with Crippen molar-refractivity contribution in [3.05, 3.63) is 35.7 Å². The minimum absolute atomic E-state index is 0.152. The van der Waals surface area contributed by atoms with E-state index in [4.69, 9.17) is 19.0 Å². The van der Waals surface area contributed by atoms with Crippen molar-refractivity contribution in [1.29, 1.82) is 0 Å². The van der Waals surface area contributed by atoms with Gasteiger partial charge in [0.2, 0.25) is 23.6 Å². The van der Waals surface area contributed by atoms with Crippen molar-refractivity contribution >= 4 is 24.1 Å². The van der Waals surface area contributed by atoms with E-state index in [1.807, 2.05) is 27.7 Å². The molecule has 2 N–H and O–H groups in total. The summed E-state index contributed by atoms with van der Waals surface area (Å²) in [7, 11) is 0. The molecule has 2 heterocycles. The molecule has 0 aliphatic rings. The molecule has 0 unspecified atom stereocenters. The average Bonchev–Trinajstić information content (AvgIpc) is 3.21. The van der Waals surface area contributed by atoms with Crippen LogP contribution in [-0.4, -0.2) is 42.5 Å². The van der Waals surface area contributed by atoms with Crippen LogP contribution in [0.5, 0.6) is 0 Å². The SMILES string of the molecule is CC(C)c1nnc(/C=C\C(=O)O)o1.CC(C)c1nnc(/C=C\C(=O)O)o1. The van der Waals surface area contributed by atoms with Gasteiger partial charge >= 0.3 is 11.9 Å². The van der Waals surface area contributed by atoms with Gasteiger partial charge in [0, 0.05) is 36.1 Å². The fraction of sp³-hybridized carbons (Fsp3) is 0.375. The van der Waals surface area contributed by atoms with Gasteiger partial charge in [-0.25, -0.2) is 9.59 Å². The van der Waals surface area contributed by atoms with Gasteiger partial charge in [0.15, 0.2) is 0 Å². The second-order valence-corrected chi connectivity index (χ2v) is 5.61. The van der Waals surface area contributed by atoms with E-state index in [0.29, 0.717) is 11.8 Å². The summed E-state index contributed by atoms with van der Waals surface area (Å²) in [4.78, 5) is 20.3. The van der Waals surface area contributed by atoms with Crippen LogP contribution >= 0.6 is 0 Å². The molecule has 0 bridgehead atoms. The maximum absolute atomic E-state index is 10.1. The third kappa shape index (κ3) is 7.51. The molecule has 10 nitrogen and oxygen atoms in total. The Labute approximate surface area is 149 Å².